The number of ether oxygens (including phenoxy) is 1. The average molecular weight is 339 g/mol. The summed E-state index contributed by atoms with van der Waals surface area (Å²) in [6.45, 7) is -0.0113. The van der Waals surface area contributed by atoms with E-state index in [2.05, 4.69) is 15.0 Å². The van der Waals surface area contributed by atoms with Gasteiger partial charge >= 0.3 is 0 Å². The highest BCUT2D eigenvalue weighted by molar-refractivity contribution is 5.68. The molecular weight excluding hydrogens is 324 g/mol. The van der Waals surface area contributed by atoms with Gasteiger partial charge in [-0.05, 0) is 42.5 Å². The monoisotopic (exact) mass is 339 g/mol. The van der Waals surface area contributed by atoms with Crippen molar-refractivity contribution in [3.63, 3.8) is 0 Å². The lowest BCUT2D eigenvalue weighted by atomic mass is 10.0. The van der Waals surface area contributed by atoms with E-state index in [1.54, 1.807) is 12.4 Å². The molecule has 2 aromatic heterocycles. The Kier molecular flexibility index (Phi) is 4.09. The van der Waals surface area contributed by atoms with E-state index in [9.17, 15) is 8.78 Å². The lowest BCUT2D eigenvalue weighted by molar-refractivity contribution is 0.287. The first-order valence-corrected chi connectivity index (χ1v) is 8.05. The Morgan fingerprint density at radius 3 is 2.68 bits per heavy atom. The number of aryl methyl sites for hydroxylation is 1. The molecule has 25 heavy (non-hydrogen) atoms. The highest BCUT2D eigenvalue weighted by Gasteiger charge is 2.20. The van der Waals surface area contributed by atoms with Crippen LogP contribution in [0, 0.1) is 11.6 Å². The van der Waals surface area contributed by atoms with Gasteiger partial charge in [0.25, 0.3) is 0 Å². The van der Waals surface area contributed by atoms with Crippen molar-refractivity contribution in [1.29, 1.82) is 0 Å². The van der Waals surface area contributed by atoms with Crippen molar-refractivity contribution in [2.75, 3.05) is 0 Å². The second-order valence-corrected chi connectivity index (χ2v) is 5.94. The van der Waals surface area contributed by atoms with Crippen LogP contribution in [0.2, 0.25) is 0 Å². The van der Waals surface area contributed by atoms with Crippen LogP contribution in [0.1, 0.15) is 23.2 Å². The summed E-state index contributed by atoms with van der Waals surface area (Å²) in [5.41, 5.74) is 4.37. The Morgan fingerprint density at radius 2 is 1.88 bits per heavy atom. The largest absolute Gasteiger partial charge is 0.473 e. The van der Waals surface area contributed by atoms with Crippen molar-refractivity contribution < 1.29 is 13.5 Å². The number of aromatic nitrogens is 3. The predicted octanol–water partition coefficient (Wildman–Crippen LogP) is 3.88. The van der Waals surface area contributed by atoms with Crippen molar-refractivity contribution in [2.24, 2.45) is 0 Å². The van der Waals surface area contributed by atoms with Crippen molar-refractivity contribution in [3.8, 4) is 17.0 Å². The van der Waals surface area contributed by atoms with Crippen LogP contribution in [-0.4, -0.2) is 15.0 Å². The number of hydrogen-bond acceptors (Lipinski definition) is 4. The molecule has 0 fully saturated rings. The number of rotatable bonds is 4. The third-order valence-corrected chi connectivity index (χ3v) is 4.29. The third-order valence-electron chi connectivity index (χ3n) is 4.29. The van der Waals surface area contributed by atoms with Crippen LogP contribution in [0.15, 0.2) is 43.0 Å². The van der Waals surface area contributed by atoms with Crippen LogP contribution in [0.25, 0.3) is 11.1 Å². The van der Waals surface area contributed by atoms with Crippen molar-refractivity contribution in [3.05, 3.63) is 71.4 Å². The Hall–Kier alpha value is -2.89. The molecule has 1 aliphatic carbocycles. The standard InChI is InChI=1S/C19H15F2N3O/c20-14-5-4-12(17(21)6-14)10-25-19-7-16(13-8-22-11-23-9-13)15-2-1-3-18(15)24-19/h4-9,11H,1-3,10H2. The molecule has 0 saturated heterocycles. The topological polar surface area (TPSA) is 47.9 Å². The quantitative estimate of drug-likeness (QED) is 0.724. The van der Waals surface area contributed by atoms with E-state index in [4.69, 9.17) is 4.74 Å². The maximum absolute atomic E-state index is 13.8. The van der Waals surface area contributed by atoms with Crippen LogP contribution < -0.4 is 4.74 Å². The summed E-state index contributed by atoms with van der Waals surface area (Å²) in [5.74, 6) is -0.815. The number of fused-ring (bicyclic) bond motifs is 1. The molecule has 4 nitrogen and oxygen atoms in total. The molecule has 4 rings (SSSR count). The van der Waals surface area contributed by atoms with Crippen molar-refractivity contribution >= 4 is 0 Å². The number of pyridine rings is 1. The molecule has 0 unspecified atom stereocenters. The van der Waals surface area contributed by atoms with E-state index in [0.29, 0.717) is 5.88 Å². The molecule has 126 valence electrons. The fourth-order valence-corrected chi connectivity index (χ4v) is 3.08. The fourth-order valence-electron chi connectivity index (χ4n) is 3.08. The predicted molar refractivity (Wildman–Crippen MR) is 88.0 cm³/mol. The maximum Gasteiger partial charge on any atom is 0.214 e. The molecule has 0 atom stereocenters. The summed E-state index contributed by atoms with van der Waals surface area (Å²) in [5, 5.41) is 0. The van der Waals surface area contributed by atoms with Crippen LogP contribution in [0.4, 0.5) is 8.78 Å². The zero-order chi connectivity index (χ0) is 17.2. The molecule has 0 spiro atoms. The zero-order valence-electron chi connectivity index (χ0n) is 13.4. The molecule has 1 aliphatic rings. The summed E-state index contributed by atoms with van der Waals surface area (Å²) < 4.78 is 32.4. The van der Waals surface area contributed by atoms with Gasteiger partial charge in [0.2, 0.25) is 5.88 Å². The first kappa shape index (κ1) is 15.6. The van der Waals surface area contributed by atoms with Crippen LogP contribution in [0.3, 0.4) is 0 Å². The summed E-state index contributed by atoms with van der Waals surface area (Å²) >= 11 is 0. The Balaban J connectivity index is 1.64. The van der Waals surface area contributed by atoms with E-state index < -0.39 is 11.6 Å². The van der Waals surface area contributed by atoms with Crippen LogP contribution in [-0.2, 0) is 19.4 Å². The highest BCUT2D eigenvalue weighted by atomic mass is 19.1. The van der Waals surface area contributed by atoms with E-state index in [1.807, 2.05) is 6.07 Å². The number of hydrogen-bond donors (Lipinski definition) is 0. The SMILES string of the molecule is Fc1ccc(COc2cc(-c3cncnc3)c3c(n2)CCC3)c(F)c1. The number of halogens is 2. The summed E-state index contributed by atoms with van der Waals surface area (Å²) in [6, 6.07) is 5.28. The van der Waals surface area contributed by atoms with Crippen LogP contribution in [0.5, 0.6) is 5.88 Å². The van der Waals surface area contributed by atoms with E-state index >= 15 is 0 Å². The molecule has 0 N–H and O–H groups in total. The van der Waals surface area contributed by atoms with Gasteiger partial charge < -0.3 is 4.74 Å². The minimum Gasteiger partial charge on any atom is -0.473 e. The number of benzene rings is 1. The number of nitrogens with zero attached hydrogens (tertiary/aromatic N) is 3. The van der Waals surface area contributed by atoms with E-state index in [0.717, 1.165) is 42.1 Å². The first-order chi connectivity index (χ1) is 12.2. The Bertz CT molecular complexity index is 916. The third kappa shape index (κ3) is 3.20. The molecular formula is C19H15F2N3O. The van der Waals surface area contributed by atoms with Gasteiger partial charge in [0, 0.05) is 41.3 Å². The molecule has 0 saturated carbocycles. The van der Waals surface area contributed by atoms with Crippen molar-refractivity contribution in [2.45, 2.75) is 25.9 Å². The van der Waals surface area contributed by atoms with Gasteiger partial charge in [-0.15, -0.1) is 0 Å². The molecule has 3 aromatic rings. The van der Waals surface area contributed by atoms with Gasteiger partial charge in [0.15, 0.2) is 0 Å². The molecule has 1 aromatic carbocycles. The average Bonchev–Trinajstić information content (AvgIpc) is 3.09. The smallest absolute Gasteiger partial charge is 0.214 e. The van der Waals surface area contributed by atoms with Gasteiger partial charge in [0.1, 0.15) is 24.6 Å². The van der Waals surface area contributed by atoms with Gasteiger partial charge in [-0.25, -0.2) is 23.7 Å². The Labute approximate surface area is 143 Å². The molecule has 0 amide bonds. The molecule has 0 radical (unpaired) electrons. The maximum atomic E-state index is 13.8. The molecule has 2 heterocycles. The normalized spacial score (nSPS) is 12.9. The Morgan fingerprint density at radius 1 is 1.04 bits per heavy atom. The summed E-state index contributed by atoms with van der Waals surface area (Å²) in [6.07, 6.45) is 7.88. The second kappa shape index (κ2) is 6.55. The minimum atomic E-state index is -0.627. The summed E-state index contributed by atoms with van der Waals surface area (Å²) in [4.78, 5) is 12.7. The molecule has 0 bridgehead atoms. The van der Waals surface area contributed by atoms with E-state index in [1.165, 1.54) is 24.0 Å². The second-order valence-electron chi connectivity index (χ2n) is 5.94. The van der Waals surface area contributed by atoms with E-state index in [-0.39, 0.29) is 12.2 Å². The van der Waals surface area contributed by atoms with Gasteiger partial charge in [-0.2, -0.15) is 0 Å². The highest BCUT2D eigenvalue weighted by Crippen LogP contribution is 2.33. The lowest BCUT2D eigenvalue weighted by Crippen LogP contribution is -2.03. The summed E-state index contributed by atoms with van der Waals surface area (Å²) in [7, 11) is 0. The van der Waals surface area contributed by atoms with Gasteiger partial charge in [-0.1, -0.05) is 0 Å². The van der Waals surface area contributed by atoms with Crippen LogP contribution >= 0.6 is 0 Å². The van der Waals surface area contributed by atoms with Gasteiger partial charge in [0.05, 0.1) is 0 Å². The van der Waals surface area contributed by atoms with Gasteiger partial charge in [-0.3, -0.25) is 0 Å². The molecule has 0 aliphatic heterocycles. The minimum absolute atomic E-state index is 0.0113. The fraction of sp³-hybridized carbons (Fsp3) is 0.211. The zero-order valence-corrected chi connectivity index (χ0v) is 13.4. The first-order valence-electron chi connectivity index (χ1n) is 8.05. The van der Waals surface area contributed by atoms with Crippen molar-refractivity contribution in [1.82, 2.24) is 15.0 Å². The lowest BCUT2D eigenvalue weighted by Gasteiger charge is -2.12. The molecule has 6 heteroatoms.